The van der Waals surface area contributed by atoms with E-state index in [1.54, 1.807) is 24.3 Å². The first-order valence-corrected chi connectivity index (χ1v) is 15.3. The normalized spacial score (nSPS) is 19.2. The van der Waals surface area contributed by atoms with Gasteiger partial charge in [0.15, 0.2) is 6.61 Å². The number of thioether (sulfide) groups is 1. The number of alkyl halides is 3. The summed E-state index contributed by atoms with van der Waals surface area (Å²) in [6.07, 6.45) is -4.69. The first kappa shape index (κ1) is 30.7. The molecule has 0 radical (unpaired) electrons. The monoisotopic (exact) mass is 675 g/mol. The van der Waals surface area contributed by atoms with Crippen LogP contribution >= 0.6 is 34.7 Å². The van der Waals surface area contributed by atoms with E-state index in [0.29, 0.717) is 26.9 Å². The number of methoxy groups -OCH3 is 1. The fraction of sp³-hybridized carbons (Fsp3) is 0.200. The van der Waals surface area contributed by atoms with Gasteiger partial charge in [-0.3, -0.25) is 19.2 Å². The molecule has 2 N–H and O–H groups in total. The highest BCUT2D eigenvalue weighted by molar-refractivity contribution is 8.00. The van der Waals surface area contributed by atoms with Crippen molar-refractivity contribution in [1.29, 1.82) is 0 Å². The van der Waals surface area contributed by atoms with Gasteiger partial charge in [-0.1, -0.05) is 40.8 Å². The number of imide groups is 1. The number of nitrogens with zero attached hydrogens (tertiary/aromatic N) is 1. The quantitative estimate of drug-likeness (QED) is 0.233. The van der Waals surface area contributed by atoms with Crippen molar-refractivity contribution in [1.82, 2.24) is 4.98 Å². The smallest absolute Gasteiger partial charge is 0.416 e. The number of aromatic nitrogens is 1. The number of aromatic amines is 1. The van der Waals surface area contributed by atoms with Gasteiger partial charge in [0.05, 0.1) is 29.3 Å². The molecule has 3 atom stereocenters. The van der Waals surface area contributed by atoms with Crippen LogP contribution in [-0.2, 0) is 20.6 Å². The van der Waals surface area contributed by atoms with Gasteiger partial charge in [-0.15, -0.1) is 0 Å². The van der Waals surface area contributed by atoms with Crippen molar-refractivity contribution in [2.24, 2.45) is 5.92 Å². The van der Waals surface area contributed by atoms with Crippen LogP contribution in [0.3, 0.4) is 0 Å². The van der Waals surface area contributed by atoms with E-state index in [1.165, 1.54) is 31.4 Å². The number of fused-ring (bicyclic) bond motifs is 2. The lowest BCUT2D eigenvalue weighted by Crippen LogP contribution is -2.32. The molecule has 6 rings (SSSR count). The van der Waals surface area contributed by atoms with Gasteiger partial charge in [-0.25, -0.2) is 4.90 Å². The average Bonchev–Trinajstić information content (AvgIpc) is 3.50. The van der Waals surface area contributed by atoms with Crippen molar-refractivity contribution in [2.45, 2.75) is 22.4 Å². The predicted octanol–water partition coefficient (Wildman–Crippen LogP) is 5.93. The minimum Gasteiger partial charge on any atom is -0.497 e. The van der Waals surface area contributed by atoms with Crippen LogP contribution in [0.5, 0.6) is 11.5 Å². The Bertz CT molecular complexity index is 1880. The summed E-state index contributed by atoms with van der Waals surface area (Å²) in [4.78, 5) is 56.4. The van der Waals surface area contributed by atoms with E-state index in [1.807, 2.05) is 0 Å². The van der Waals surface area contributed by atoms with Crippen LogP contribution in [0.4, 0.5) is 24.5 Å². The fourth-order valence-corrected chi connectivity index (χ4v) is 8.02. The Labute approximate surface area is 266 Å². The van der Waals surface area contributed by atoms with Gasteiger partial charge in [-0.2, -0.15) is 13.2 Å². The second-order valence-electron chi connectivity index (χ2n) is 10.1. The van der Waals surface area contributed by atoms with Gasteiger partial charge in [0.25, 0.3) is 5.91 Å². The molecule has 1 aromatic heterocycles. The molecule has 3 heterocycles. The number of anilines is 2. The van der Waals surface area contributed by atoms with E-state index in [9.17, 15) is 32.3 Å². The Hall–Kier alpha value is -4.27. The summed E-state index contributed by atoms with van der Waals surface area (Å²) in [6.45, 7) is -0.435. The molecule has 3 aromatic carbocycles. The first-order chi connectivity index (χ1) is 21.4. The molecule has 1 fully saturated rings. The highest BCUT2D eigenvalue weighted by Crippen LogP contribution is 2.55. The lowest BCUT2D eigenvalue weighted by atomic mass is 9.82. The van der Waals surface area contributed by atoms with Crippen molar-refractivity contribution in [2.75, 3.05) is 23.9 Å². The highest BCUT2D eigenvalue weighted by atomic mass is 35.5. The molecule has 232 valence electrons. The molecule has 4 aromatic rings. The number of thiazole rings is 1. The zero-order valence-electron chi connectivity index (χ0n) is 23.0. The molecule has 0 aliphatic carbocycles. The van der Waals surface area contributed by atoms with Gasteiger partial charge in [0, 0.05) is 27.1 Å². The summed E-state index contributed by atoms with van der Waals surface area (Å²) in [5.74, 6) is -3.24. The molecule has 45 heavy (non-hydrogen) atoms. The fourth-order valence-electron chi connectivity index (χ4n) is 5.34. The topological polar surface area (TPSA) is 118 Å². The van der Waals surface area contributed by atoms with Gasteiger partial charge >= 0.3 is 11.0 Å². The van der Waals surface area contributed by atoms with Gasteiger partial charge in [-0.05, 0) is 60.7 Å². The zero-order chi connectivity index (χ0) is 32.0. The number of rotatable bonds is 7. The third-order valence-corrected chi connectivity index (χ3v) is 9.93. The second-order valence-corrected chi connectivity index (χ2v) is 12.7. The van der Waals surface area contributed by atoms with Crippen molar-refractivity contribution < 1.29 is 37.0 Å². The molecule has 3 amide bonds. The van der Waals surface area contributed by atoms with Crippen LogP contribution in [0, 0.1) is 5.92 Å². The number of benzene rings is 3. The maximum absolute atomic E-state index is 14.0. The summed E-state index contributed by atoms with van der Waals surface area (Å²) in [5, 5.41) is 2.24. The zero-order valence-corrected chi connectivity index (χ0v) is 25.4. The molecular formula is C30H21ClF3N3O6S2. The lowest BCUT2D eigenvalue weighted by molar-refractivity contribution is -0.137. The van der Waals surface area contributed by atoms with E-state index in [0.717, 1.165) is 46.2 Å². The SMILES string of the molecule is COc1ccc(NC(=O)COc2ccc(Cl)cc2[C@@H]2c3sc(=O)[nH]c3S[C@H]3C(=O)N(c4cccc(C(F)(F)F)c4)C(=O)[C@@H]23)cc1. The predicted molar refractivity (Wildman–Crippen MR) is 162 cm³/mol. The molecule has 0 spiro atoms. The molecule has 1 saturated heterocycles. The highest BCUT2D eigenvalue weighted by Gasteiger charge is 2.57. The van der Waals surface area contributed by atoms with Crippen LogP contribution in [-0.4, -0.2) is 41.7 Å². The summed E-state index contributed by atoms with van der Waals surface area (Å²) in [7, 11) is 1.52. The number of amides is 3. The van der Waals surface area contributed by atoms with Gasteiger partial charge in [0.1, 0.15) is 16.7 Å². The minimum absolute atomic E-state index is 0.171. The summed E-state index contributed by atoms with van der Waals surface area (Å²) < 4.78 is 51.5. The molecule has 0 bridgehead atoms. The van der Waals surface area contributed by atoms with Crippen molar-refractivity contribution in [3.63, 3.8) is 0 Å². The maximum atomic E-state index is 14.0. The van der Waals surface area contributed by atoms with Crippen molar-refractivity contribution in [3.8, 4) is 11.5 Å². The standard InChI is InChI=1S/C30H21ClF3N3O6S2/c1-42-18-8-6-16(7-9-18)35-21(38)13-43-20-10-5-15(31)12-19(20)22-23-25(44-26-24(22)45-29(41)36-26)28(40)37(27(23)39)17-4-2-3-14(11-17)30(32,33)34/h2-12,22-23,25H,13H2,1H3,(H,35,38)(H,36,41)/t22-,23-,25+/m0/s1. The molecule has 0 saturated carbocycles. The number of halogens is 4. The third kappa shape index (κ3) is 5.92. The molecule has 2 aliphatic heterocycles. The average molecular weight is 676 g/mol. The molecule has 15 heteroatoms. The number of carbonyl (C=O) groups excluding carboxylic acids is 3. The Kier molecular flexibility index (Phi) is 8.14. The van der Waals surface area contributed by atoms with Gasteiger partial charge < -0.3 is 19.8 Å². The Morgan fingerprint density at radius 1 is 1.04 bits per heavy atom. The summed E-state index contributed by atoms with van der Waals surface area (Å²) >= 11 is 8.18. The minimum atomic E-state index is -4.69. The number of hydrogen-bond acceptors (Lipinski definition) is 8. The molecular weight excluding hydrogens is 655 g/mol. The summed E-state index contributed by atoms with van der Waals surface area (Å²) in [6, 6.07) is 15.2. The second kappa shape index (κ2) is 11.9. The van der Waals surface area contributed by atoms with Crippen LogP contribution in [0.25, 0.3) is 0 Å². The largest absolute Gasteiger partial charge is 0.497 e. The van der Waals surface area contributed by atoms with E-state index >= 15 is 0 Å². The summed E-state index contributed by atoms with van der Waals surface area (Å²) in [5.41, 5.74) is -0.400. The van der Waals surface area contributed by atoms with Crippen molar-refractivity contribution >= 4 is 63.8 Å². The van der Waals surface area contributed by atoms with E-state index in [4.69, 9.17) is 21.1 Å². The van der Waals surface area contributed by atoms with E-state index in [-0.39, 0.29) is 16.5 Å². The first-order valence-electron chi connectivity index (χ1n) is 13.3. The molecule has 0 unspecified atom stereocenters. The lowest BCUT2D eigenvalue weighted by Gasteiger charge is -2.31. The number of hydrogen-bond donors (Lipinski definition) is 2. The Morgan fingerprint density at radius 3 is 2.51 bits per heavy atom. The third-order valence-electron chi connectivity index (χ3n) is 7.30. The Morgan fingerprint density at radius 2 is 1.80 bits per heavy atom. The molecule has 2 aliphatic rings. The van der Waals surface area contributed by atoms with E-state index in [2.05, 4.69) is 10.3 Å². The maximum Gasteiger partial charge on any atom is 0.416 e. The van der Waals surface area contributed by atoms with Crippen LogP contribution < -0.4 is 24.6 Å². The number of nitrogens with one attached hydrogen (secondary N) is 2. The van der Waals surface area contributed by atoms with Crippen LogP contribution in [0.1, 0.15) is 21.9 Å². The van der Waals surface area contributed by atoms with Gasteiger partial charge in [0.2, 0.25) is 11.8 Å². The number of H-pyrrole nitrogens is 1. The number of ether oxygens (including phenoxy) is 2. The van der Waals surface area contributed by atoms with Crippen molar-refractivity contribution in [3.05, 3.63) is 97.4 Å². The Balaban J connectivity index is 1.35. The molecule has 9 nitrogen and oxygen atoms in total. The van der Waals surface area contributed by atoms with Crippen LogP contribution in [0.15, 0.2) is 76.6 Å². The van der Waals surface area contributed by atoms with E-state index < -0.39 is 58.0 Å². The van der Waals surface area contributed by atoms with Crippen LogP contribution in [0.2, 0.25) is 5.02 Å². The number of carbonyl (C=O) groups is 3.